The van der Waals surface area contributed by atoms with Gasteiger partial charge in [0.1, 0.15) is 9.77 Å². The van der Waals surface area contributed by atoms with Crippen LogP contribution in [0.2, 0.25) is 0 Å². The van der Waals surface area contributed by atoms with E-state index >= 15 is 0 Å². The molecule has 0 saturated heterocycles. The number of sulfonamides is 1. The second-order valence-electron chi connectivity index (χ2n) is 8.06. The van der Waals surface area contributed by atoms with E-state index in [4.69, 9.17) is 0 Å². The van der Waals surface area contributed by atoms with Crippen molar-refractivity contribution in [2.45, 2.75) is 56.0 Å². The lowest BCUT2D eigenvalue weighted by atomic mass is 9.95. The van der Waals surface area contributed by atoms with E-state index in [0.717, 1.165) is 48.1 Å². The molecular formula is C22H27N3O4S2. The number of nitrogens with one attached hydrogen (secondary N) is 2. The highest BCUT2D eigenvalue weighted by Crippen LogP contribution is 2.29. The Kier molecular flexibility index (Phi) is 6.74. The number of amides is 2. The largest absolute Gasteiger partial charge is 0.352 e. The Morgan fingerprint density at radius 3 is 2.58 bits per heavy atom. The van der Waals surface area contributed by atoms with Crippen molar-refractivity contribution in [1.29, 1.82) is 0 Å². The average molecular weight is 462 g/mol. The number of hydrogen-bond acceptors (Lipinski definition) is 5. The molecule has 1 aromatic heterocycles. The molecule has 7 nitrogen and oxygen atoms in total. The van der Waals surface area contributed by atoms with Crippen LogP contribution in [-0.2, 0) is 27.8 Å². The van der Waals surface area contributed by atoms with Crippen LogP contribution in [0.5, 0.6) is 0 Å². The summed E-state index contributed by atoms with van der Waals surface area (Å²) in [4.78, 5) is 25.0. The first-order valence-corrected chi connectivity index (χ1v) is 13.0. The number of fused-ring (bicyclic) bond motifs is 1. The van der Waals surface area contributed by atoms with Gasteiger partial charge in [-0.05, 0) is 41.8 Å². The summed E-state index contributed by atoms with van der Waals surface area (Å²) in [5.74, 6) is -0.779. The quantitative estimate of drug-likeness (QED) is 0.691. The number of nitrogens with zero attached hydrogens (tertiary/aromatic N) is 1. The molecule has 0 atom stereocenters. The summed E-state index contributed by atoms with van der Waals surface area (Å²) in [5.41, 5.74) is 2.14. The fourth-order valence-corrected chi connectivity index (χ4v) is 6.98. The molecule has 1 aromatic carbocycles. The number of carbonyl (C=O) groups excluding carboxylic acids is 2. The zero-order valence-corrected chi connectivity index (χ0v) is 18.9. The maximum atomic E-state index is 13.3. The summed E-state index contributed by atoms with van der Waals surface area (Å²) in [6, 6.07) is 9.44. The van der Waals surface area contributed by atoms with E-state index in [-0.39, 0.29) is 28.3 Å². The second-order valence-corrected chi connectivity index (χ2v) is 10.9. The molecular weight excluding hydrogens is 434 g/mol. The van der Waals surface area contributed by atoms with Gasteiger partial charge < -0.3 is 10.6 Å². The van der Waals surface area contributed by atoms with Gasteiger partial charge in [-0.3, -0.25) is 9.59 Å². The highest BCUT2D eigenvalue weighted by Gasteiger charge is 2.32. The molecule has 2 N–H and O–H groups in total. The van der Waals surface area contributed by atoms with Gasteiger partial charge in [0.25, 0.3) is 5.91 Å². The summed E-state index contributed by atoms with van der Waals surface area (Å²) >= 11 is 1.07. The summed E-state index contributed by atoms with van der Waals surface area (Å²) < 4.78 is 27.9. The van der Waals surface area contributed by atoms with Crippen molar-refractivity contribution in [3.63, 3.8) is 0 Å². The highest BCUT2D eigenvalue weighted by molar-refractivity contribution is 7.89. The number of benzene rings is 1. The summed E-state index contributed by atoms with van der Waals surface area (Å²) in [7, 11) is -3.82. The monoisotopic (exact) mass is 461 g/mol. The van der Waals surface area contributed by atoms with Gasteiger partial charge >= 0.3 is 0 Å². The van der Waals surface area contributed by atoms with Crippen LogP contribution < -0.4 is 10.6 Å². The van der Waals surface area contributed by atoms with E-state index < -0.39 is 15.9 Å². The molecule has 1 aliphatic carbocycles. The lowest BCUT2D eigenvalue weighted by Crippen LogP contribution is -2.43. The van der Waals surface area contributed by atoms with E-state index in [1.54, 1.807) is 5.38 Å². The van der Waals surface area contributed by atoms with Crippen LogP contribution in [0.15, 0.2) is 40.6 Å². The van der Waals surface area contributed by atoms with Crippen LogP contribution in [0, 0.1) is 0 Å². The first-order chi connectivity index (χ1) is 14.9. The zero-order chi connectivity index (χ0) is 21.8. The van der Waals surface area contributed by atoms with Crippen molar-refractivity contribution in [3.8, 4) is 0 Å². The molecule has 31 heavy (non-hydrogen) atoms. The Balaban J connectivity index is 1.40. The molecule has 0 bridgehead atoms. The van der Waals surface area contributed by atoms with Gasteiger partial charge in [-0.25, -0.2) is 8.42 Å². The van der Waals surface area contributed by atoms with Crippen LogP contribution >= 0.6 is 11.3 Å². The Hall–Kier alpha value is -2.23. The first-order valence-electron chi connectivity index (χ1n) is 10.7. The van der Waals surface area contributed by atoms with Crippen molar-refractivity contribution in [3.05, 3.63) is 51.7 Å². The lowest BCUT2D eigenvalue weighted by molar-refractivity contribution is -0.121. The molecule has 2 heterocycles. The number of thiophene rings is 1. The number of rotatable bonds is 6. The molecule has 2 aromatic rings. The van der Waals surface area contributed by atoms with E-state index in [2.05, 4.69) is 10.6 Å². The molecule has 0 radical (unpaired) electrons. The summed E-state index contributed by atoms with van der Waals surface area (Å²) in [6.07, 6.45) is 5.98. The zero-order valence-electron chi connectivity index (χ0n) is 17.3. The van der Waals surface area contributed by atoms with Crippen LogP contribution in [0.3, 0.4) is 0 Å². The van der Waals surface area contributed by atoms with Gasteiger partial charge in [0.15, 0.2) is 0 Å². The first kappa shape index (κ1) is 22.0. The van der Waals surface area contributed by atoms with Crippen molar-refractivity contribution in [2.24, 2.45) is 0 Å². The van der Waals surface area contributed by atoms with Crippen molar-refractivity contribution in [1.82, 2.24) is 14.9 Å². The Labute approximate surface area is 186 Å². The molecule has 0 unspecified atom stereocenters. The molecule has 2 amide bonds. The van der Waals surface area contributed by atoms with Gasteiger partial charge in [-0.2, -0.15) is 4.31 Å². The van der Waals surface area contributed by atoms with Crippen LogP contribution in [-0.4, -0.2) is 43.7 Å². The van der Waals surface area contributed by atoms with E-state index in [1.807, 2.05) is 24.3 Å². The van der Waals surface area contributed by atoms with Gasteiger partial charge in [-0.1, -0.05) is 43.5 Å². The fraction of sp³-hybridized carbons (Fsp3) is 0.455. The summed E-state index contributed by atoms with van der Waals surface area (Å²) in [5, 5.41) is 7.13. The number of hydrogen-bond donors (Lipinski definition) is 2. The van der Waals surface area contributed by atoms with Crippen molar-refractivity contribution in [2.75, 3.05) is 13.1 Å². The predicted molar refractivity (Wildman–Crippen MR) is 119 cm³/mol. The molecule has 166 valence electrons. The Morgan fingerprint density at radius 1 is 1.06 bits per heavy atom. The highest BCUT2D eigenvalue weighted by atomic mass is 32.2. The van der Waals surface area contributed by atoms with Gasteiger partial charge in [0.05, 0.1) is 6.54 Å². The third-order valence-electron chi connectivity index (χ3n) is 5.93. The average Bonchev–Trinajstić information content (AvgIpc) is 3.29. The molecule has 1 saturated carbocycles. The van der Waals surface area contributed by atoms with Gasteiger partial charge in [0.2, 0.25) is 15.9 Å². The van der Waals surface area contributed by atoms with E-state index in [0.29, 0.717) is 19.5 Å². The molecule has 2 aliphatic rings. The Bertz CT molecular complexity index is 1060. The van der Waals surface area contributed by atoms with Crippen LogP contribution in [0.4, 0.5) is 0 Å². The van der Waals surface area contributed by atoms with E-state index in [9.17, 15) is 18.0 Å². The Morgan fingerprint density at radius 2 is 1.81 bits per heavy atom. The molecule has 0 spiro atoms. The fourth-order valence-electron chi connectivity index (χ4n) is 4.25. The topological polar surface area (TPSA) is 95.6 Å². The molecule has 9 heteroatoms. The SMILES string of the molecule is O=C(CNC(=O)c1sccc1S(=O)(=O)N1CCc2ccccc2C1)NC1CCCCC1. The molecule has 4 rings (SSSR count). The predicted octanol–water partition coefficient (Wildman–Crippen LogP) is 2.67. The standard InChI is InChI=1S/C22H27N3O4S2/c26-20(24-18-8-2-1-3-9-18)14-23-22(27)21-19(11-13-30-21)31(28,29)25-12-10-16-6-4-5-7-17(16)15-25/h4-7,11,13,18H,1-3,8-10,12,14-15H2,(H,23,27)(H,24,26). The minimum Gasteiger partial charge on any atom is -0.352 e. The minimum absolute atomic E-state index is 0.00192. The normalized spacial score (nSPS) is 17.7. The third-order valence-corrected chi connectivity index (χ3v) is 8.86. The van der Waals surface area contributed by atoms with Gasteiger partial charge in [0, 0.05) is 19.1 Å². The van der Waals surface area contributed by atoms with Crippen molar-refractivity contribution >= 4 is 33.2 Å². The third kappa shape index (κ3) is 4.99. The second kappa shape index (κ2) is 9.50. The molecule has 1 fully saturated rings. The maximum Gasteiger partial charge on any atom is 0.263 e. The smallest absolute Gasteiger partial charge is 0.263 e. The summed E-state index contributed by atoms with van der Waals surface area (Å²) in [6.45, 7) is 0.503. The van der Waals surface area contributed by atoms with Crippen LogP contribution in [0.1, 0.15) is 52.9 Å². The van der Waals surface area contributed by atoms with Crippen LogP contribution in [0.25, 0.3) is 0 Å². The van der Waals surface area contributed by atoms with Gasteiger partial charge in [-0.15, -0.1) is 11.3 Å². The van der Waals surface area contributed by atoms with Crippen molar-refractivity contribution < 1.29 is 18.0 Å². The lowest BCUT2D eigenvalue weighted by Gasteiger charge is -2.28. The maximum absolute atomic E-state index is 13.3. The van der Waals surface area contributed by atoms with E-state index in [1.165, 1.54) is 16.8 Å². The minimum atomic E-state index is -3.82. The molecule has 1 aliphatic heterocycles. The number of carbonyl (C=O) groups is 2.